The zero-order valence-electron chi connectivity index (χ0n) is 5.55. The molecule has 0 spiro atoms. The van der Waals surface area contributed by atoms with E-state index in [1.807, 2.05) is 19.9 Å². The predicted octanol–water partition coefficient (Wildman–Crippen LogP) is 2.10. The second-order valence-corrected chi connectivity index (χ2v) is 1.66. The first-order chi connectivity index (χ1) is 4.30. The van der Waals surface area contributed by atoms with Gasteiger partial charge in [-0.2, -0.15) is 0 Å². The van der Waals surface area contributed by atoms with Crippen molar-refractivity contribution in [2.75, 3.05) is 0 Å². The van der Waals surface area contributed by atoms with Crippen molar-refractivity contribution in [3.8, 4) is 0 Å². The maximum atomic E-state index is 8.17. The van der Waals surface area contributed by atoms with Crippen LogP contribution < -0.4 is 0 Å². The molecule has 0 saturated heterocycles. The van der Waals surface area contributed by atoms with Crippen LogP contribution in [-0.2, 0) is 4.57 Å². The van der Waals surface area contributed by atoms with Gasteiger partial charge in [-0.05, 0) is 25.5 Å². The minimum atomic E-state index is 1.01. The van der Waals surface area contributed by atoms with E-state index in [2.05, 4.69) is 0 Å². The van der Waals surface area contributed by atoms with Gasteiger partial charge in [0, 0.05) is 0 Å². The van der Waals surface area contributed by atoms with Crippen LogP contribution in [0.5, 0.6) is 0 Å². The van der Waals surface area contributed by atoms with Crippen molar-refractivity contribution in [2.24, 2.45) is 0 Å². The van der Waals surface area contributed by atoms with Gasteiger partial charge < -0.3 is 4.42 Å². The van der Waals surface area contributed by atoms with Gasteiger partial charge in [-0.3, -0.25) is 0 Å². The fourth-order valence-corrected chi connectivity index (χ4v) is 0.448. The highest BCUT2D eigenvalue weighted by atomic mass is 31.0. The summed E-state index contributed by atoms with van der Waals surface area (Å²) >= 11 is 0. The molecule has 0 aliphatic carbocycles. The summed E-state index contributed by atoms with van der Waals surface area (Å²) in [5, 5.41) is 0. The standard InChI is InChI=1S/C6H8O.H2OP/c1-5-3-4-7-6(5)2;1-2/h3-4H,1-2H3;2H2/q;+1. The summed E-state index contributed by atoms with van der Waals surface area (Å²) in [7, 11) is 1.17. The van der Waals surface area contributed by atoms with Gasteiger partial charge in [-0.15, -0.1) is 0 Å². The van der Waals surface area contributed by atoms with Crippen LogP contribution in [0.4, 0.5) is 0 Å². The summed E-state index contributed by atoms with van der Waals surface area (Å²) in [4.78, 5) is 0. The van der Waals surface area contributed by atoms with E-state index in [-0.39, 0.29) is 0 Å². The molecule has 1 aromatic rings. The van der Waals surface area contributed by atoms with Gasteiger partial charge >= 0.3 is 9.12 Å². The van der Waals surface area contributed by atoms with Crippen molar-refractivity contribution >= 4 is 9.12 Å². The zero-order valence-corrected chi connectivity index (χ0v) is 6.70. The first kappa shape index (κ1) is 8.38. The molecule has 0 amide bonds. The lowest BCUT2D eigenvalue weighted by Crippen LogP contribution is -1.63. The molecule has 1 rings (SSSR count). The number of aryl methyl sites for hydroxylation is 2. The third-order valence-electron chi connectivity index (χ3n) is 1.12. The van der Waals surface area contributed by atoms with Crippen LogP contribution in [0.25, 0.3) is 0 Å². The second kappa shape index (κ2) is 4.28. The highest BCUT2D eigenvalue weighted by molar-refractivity contribution is 7.00. The van der Waals surface area contributed by atoms with Crippen LogP contribution in [-0.4, -0.2) is 0 Å². The van der Waals surface area contributed by atoms with Crippen LogP contribution >= 0.6 is 9.12 Å². The molecule has 0 aromatic carbocycles. The third-order valence-corrected chi connectivity index (χ3v) is 1.12. The average molecular weight is 145 g/mol. The highest BCUT2D eigenvalue weighted by Gasteiger charge is 1.88. The molecule has 0 aliphatic heterocycles. The van der Waals surface area contributed by atoms with Gasteiger partial charge in [0.05, 0.1) is 6.26 Å². The van der Waals surface area contributed by atoms with E-state index < -0.39 is 0 Å². The monoisotopic (exact) mass is 145 g/mol. The molecular weight excluding hydrogens is 135 g/mol. The smallest absolute Gasteiger partial charge is 0.310 e. The number of furan rings is 1. The molecule has 1 atom stereocenters. The molecule has 0 saturated carbocycles. The lowest BCUT2D eigenvalue weighted by Gasteiger charge is -1.79. The van der Waals surface area contributed by atoms with Crippen molar-refractivity contribution in [3.63, 3.8) is 0 Å². The maximum Gasteiger partial charge on any atom is 0.310 e. The Labute approximate surface area is 56.5 Å². The Hall–Kier alpha value is -0.620. The first-order valence-electron chi connectivity index (χ1n) is 2.55. The summed E-state index contributed by atoms with van der Waals surface area (Å²) in [5.74, 6) is 1.01. The van der Waals surface area contributed by atoms with Crippen molar-refractivity contribution in [3.05, 3.63) is 23.7 Å². The molecule has 1 aromatic heterocycles. The lowest BCUT2D eigenvalue weighted by molar-refractivity contribution is 0.532. The molecule has 0 radical (unpaired) electrons. The average Bonchev–Trinajstić information content (AvgIpc) is 2.23. The topological polar surface area (TPSA) is 30.2 Å². The second-order valence-electron chi connectivity index (χ2n) is 1.66. The van der Waals surface area contributed by atoms with Crippen LogP contribution in [0.3, 0.4) is 0 Å². The van der Waals surface area contributed by atoms with Crippen LogP contribution in [0.1, 0.15) is 11.3 Å². The first-order valence-corrected chi connectivity index (χ1v) is 3.02. The third kappa shape index (κ3) is 2.43. The van der Waals surface area contributed by atoms with E-state index in [4.69, 9.17) is 8.98 Å². The summed E-state index contributed by atoms with van der Waals surface area (Å²) in [6, 6.07) is 1.95. The van der Waals surface area contributed by atoms with Crippen LogP contribution in [0, 0.1) is 13.8 Å². The number of rotatable bonds is 0. The van der Waals surface area contributed by atoms with Crippen molar-refractivity contribution in [2.45, 2.75) is 13.8 Å². The quantitative estimate of drug-likeness (QED) is 0.523. The van der Waals surface area contributed by atoms with E-state index >= 15 is 0 Å². The predicted molar refractivity (Wildman–Crippen MR) is 38.6 cm³/mol. The van der Waals surface area contributed by atoms with Crippen LogP contribution in [0.15, 0.2) is 16.7 Å². The van der Waals surface area contributed by atoms with E-state index in [9.17, 15) is 0 Å². The molecule has 0 N–H and O–H groups in total. The van der Waals surface area contributed by atoms with E-state index in [0.717, 1.165) is 5.76 Å². The minimum Gasteiger partial charge on any atom is -0.469 e. The SMILES string of the molecule is Cc1ccoc1C.O=[PH2+]. The normalized spacial score (nSPS) is 7.78. The van der Waals surface area contributed by atoms with Crippen LogP contribution in [0.2, 0.25) is 0 Å². The Morgan fingerprint density at radius 1 is 1.44 bits per heavy atom. The fraction of sp³-hybridized carbons (Fsp3) is 0.333. The summed E-state index contributed by atoms with van der Waals surface area (Å²) < 4.78 is 13.1. The van der Waals surface area contributed by atoms with E-state index in [1.165, 1.54) is 14.7 Å². The molecule has 1 unspecified atom stereocenters. The Balaban J connectivity index is 0.000000291. The van der Waals surface area contributed by atoms with Gasteiger partial charge in [-0.25, -0.2) is 0 Å². The van der Waals surface area contributed by atoms with Crippen molar-refractivity contribution < 1.29 is 8.98 Å². The Morgan fingerprint density at radius 2 is 2.00 bits per heavy atom. The molecule has 0 bridgehead atoms. The maximum absolute atomic E-state index is 8.17. The molecule has 3 heteroatoms. The van der Waals surface area contributed by atoms with E-state index in [0.29, 0.717) is 0 Å². The van der Waals surface area contributed by atoms with Gasteiger partial charge in [0.1, 0.15) is 5.76 Å². The highest BCUT2D eigenvalue weighted by Crippen LogP contribution is 2.04. The minimum absolute atomic E-state index is 1.01. The number of hydrogen-bond donors (Lipinski definition) is 0. The Bertz CT molecular complexity index is 155. The van der Waals surface area contributed by atoms with Gasteiger partial charge in [0.25, 0.3) is 0 Å². The molecule has 2 nitrogen and oxygen atoms in total. The van der Waals surface area contributed by atoms with Gasteiger partial charge in [0.2, 0.25) is 0 Å². The summed E-state index contributed by atoms with van der Waals surface area (Å²) in [6.07, 6.45) is 1.70. The van der Waals surface area contributed by atoms with E-state index in [1.54, 1.807) is 6.26 Å². The van der Waals surface area contributed by atoms with Crippen molar-refractivity contribution in [1.82, 2.24) is 0 Å². The Kier molecular flexibility index (Phi) is 3.98. The zero-order chi connectivity index (χ0) is 7.28. The summed E-state index contributed by atoms with van der Waals surface area (Å²) in [5.41, 5.74) is 1.22. The largest absolute Gasteiger partial charge is 0.469 e. The van der Waals surface area contributed by atoms with Crippen molar-refractivity contribution in [1.29, 1.82) is 0 Å². The molecule has 0 fully saturated rings. The molecule has 0 aliphatic rings. The fourth-order valence-electron chi connectivity index (χ4n) is 0.448. The molecular formula is C6H10O2P+. The summed E-state index contributed by atoms with van der Waals surface area (Å²) in [6.45, 7) is 3.98. The molecule has 50 valence electrons. The Morgan fingerprint density at radius 3 is 2.11 bits per heavy atom. The van der Waals surface area contributed by atoms with Gasteiger partial charge in [0.15, 0.2) is 0 Å². The molecule has 9 heavy (non-hydrogen) atoms. The number of hydrogen-bond acceptors (Lipinski definition) is 2. The molecule has 1 heterocycles. The van der Waals surface area contributed by atoms with Gasteiger partial charge in [-0.1, -0.05) is 4.57 Å². The lowest BCUT2D eigenvalue weighted by atomic mass is 10.3.